The average molecular weight is 211 g/mol. The van der Waals surface area contributed by atoms with Gasteiger partial charge < -0.3 is 4.55 Å². The van der Waals surface area contributed by atoms with Gasteiger partial charge in [-0.1, -0.05) is 11.2 Å². The fourth-order valence-electron chi connectivity index (χ4n) is 0. The summed E-state index contributed by atoms with van der Waals surface area (Å²) in [6, 6.07) is 0. The van der Waals surface area contributed by atoms with E-state index in [0.29, 0.717) is 0 Å². The Kier molecular flexibility index (Phi) is 7.04. The molecule has 0 saturated heterocycles. The van der Waals surface area contributed by atoms with Gasteiger partial charge in [-0.2, -0.15) is 13.2 Å². The Balaban J connectivity index is 0. The molecule has 2 nitrogen and oxygen atoms in total. The monoisotopic (exact) mass is 210 g/mol. The van der Waals surface area contributed by atoms with Crippen LogP contribution in [0.2, 0.25) is 0 Å². The molecular formula is C4H6ClF3O2S. The number of halogens is 4. The second-order valence-electron chi connectivity index (χ2n) is 1.51. The van der Waals surface area contributed by atoms with Crippen molar-refractivity contribution in [3.8, 4) is 0 Å². The summed E-state index contributed by atoms with van der Waals surface area (Å²) in [6.07, 6.45) is -1.60. The molecule has 11 heavy (non-hydrogen) atoms. The van der Waals surface area contributed by atoms with E-state index in [1.807, 2.05) is 0 Å². The topological polar surface area (TPSA) is 40.1 Å². The van der Waals surface area contributed by atoms with Crippen LogP contribution in [0, 0.1) is 0 Å². The first-order chi connectivity index (χ1) is 4.68. The fourth-order valence-corrected chi connectivity index (χ4v) is 0. The van der Waals surface area contributed by atoms with Gasteiger partial charge in [0.15, 0.2) is 0 Å². The van der Waals surface area contributed by atoms with Crippen molar-refractivity contribution in [2.75, 3.05) is 12.5 Å². The highest BCUT2D eigenvalue weighted by atomic mass is 35.5. The Morgan fingerprint density at radius 2 is 1.55 bits per heavy atom. The molecule has 0 amide bonds. The van der Waals surface area contributed by atoms with Gasteiger partial charge >= 0.3 is 11.4 Å². The van der Waals surface area contributed by atoms with Gasteiger partial charge in [0.1, 0.15) is 0 Å². The predicted molar refractivity (Wildman–Crippen MR) is 36.9 cm³/mol. The van der Waals surface area contributed by atoms with Crippen LogP contribution in [0.1, 0.15) is 0 Å². The van der Waals surface area contributed by atoms with E-state index >= 15 is 0 Å². The van der Waals surface area contributed by atoms with Gasteiger partial charge in [0.05, 0.1) is 12.5 Å². The molecule has 7 heteroatoms. The van der Waals surface area contributed by atoms with E-state index in [0.717, 1.165) is 0 Å². The van der Waals surface area contributed by atoms with E-state index in [1.165, 1.54) is 0 Å². The number of carbonyl (C=O) groups excluding carboxylic acids is 1. The summed E-state index contributed by atoms with van der Waals surface area (Å²) in [7, 11) is 0. The van der Waals surface area contributed by atoms with E-state index in [1.54, 1.807) is 12.5 Å². The number of rotatable bonds is 0. The zero-order chi connectivity index (χ0) is 9.65. The Hall–Kier alpha value is 0.0600. The van der Waals surface area contributed by atoms with Crippen LogP contribution < -0.4 is 0 Å². The molecule has 68 valence electrons. The molecule has 0 aliphatic heterocycles. The van der Waals surface area contributed by atoms with E-state index in [4.69, 9.17) is 4.79 Å². The zero-order valence-electron chi connectivity index (χ0n) is 5.74. The Morgan fingerprint density at radius 1 is 1.45 bits per heavy atom. The van der Waals surface area contributed by atoms with Crippen molar-refractivity contribution in [2.24, 2.45) is 0 Å². The third-order valence-corrected chi connectivity index (χ3v) is 0.437. The summed E-state index contributed by atoms with van der Waals surface area (Å²) in [5, 5.41) is -2.28. The lowest BCUT2D eigenvalue weighted by Gasteiger charge is -1.93. The lowest BCUT2D eigenvalue weighted by atomic mass is 10.8. The largest absolute Gasteiger partial charge is 0.617 e. The molecule has 0 aliphatic rings. The molecule has 0 aromatic carbocycles. The van der Waals surface area contributed by atoms with Gasteiger partial charge in [-0.25, -0.2) is 0 Å². The molecule has 0 aromatic rings. The van der Waals surface area contributed by atoms with E-state index in [-0.39, 0.29) is 0 Å². The Labute approximate surface area is 69.9 Å². The molecule has 0 spiro atoms. The molecule has 0 unspecified atom stereocenters. The Morgan fingerprint density at radius 3 is 1.55 bits per heavy atom. The van der Waals surface area contributed by atoms with Crippen LogP contribution in [0.4, 0.5) is 13.2 Å². The number of alkyl halides is 3. The van der Waals surface area contributed by atoms with Gasteiger partial charge in [-0.3, -0.25) is 4.79 Å². The molecule has 0 bridgehead atoms. The maximum Gasteiger partial charge on any atom is 0.466 e. The summed E-state index contributed by atoms with van der Waals surface area (Å²) >= 11 is 3.38. The minimum atomic E-state index is -4.87. The first kappa shape index (κ1) is 13.6. The second-order valence-corrected chi connectivity index (χ2v) is 3.34. The van der Waals surface area contributed by atoms with Crippen LogP contribution in [0.25, 0.3) is 0 Å². The normalized spacial score (nSPS) is 10.5. The maximum atomic E-state index is 10.7. The van der Waals surface area contributed by atoms with Crippen molar-refractivity contribution >= 4 is 28.0 Å². The SMILES string of the molecule is C[S+](C)[O-].O=C(Cl)C(F)(F)F. The van der Waals surface area contributed by atoms with Gasteiger partial charge in [-0.15, -0.1) is 0 Å². The zero-order valence-corrected chi connectivity index (χ0v) is 7.31. The molecule has 0 fully saturated rings. The molecule has 0 heterocycles. The van der Waals surface area contributed by atoms with Gasteiger partial charge in [0.25, 0.3) is 0 Å². The third kappa shape index (κ3) is 17.8. The maximum absolute atomic E-state index is 10.7. The van der Waals surface area contributed by atoms with Crippen LogP contribution in [-0.4, -0.2) is 28.5 Å². The molecule has 0 radical (unpaired) electrons. The third-order valence-electron chi connectivity index (χ3n) is 0.223. The smallest absolute Gasteiger partial charge is 0.466 e. The first-order valence-corrected chi connectivity index (χ1v) is 4.54. The van der Waals surface area contributed by atoms with Crippen LogP contribution >= 0.6 is 11.6 Å². The number of hydrogen-bond donors (Lipinski definition) is 0. The van der Waals surface area contributed by atoms with E-state index in [9.17, 15) is 17.7 Å². The fraction of sp³-hybridized carbons (Fsp3) is 0.750. The summed E-state index contributed by atoms with van der Waals surface area (Å²) in [5.74, 6) is 0. The van der Waals surface area contributed by atoms with Crippen molar-refractivity contribution in [3.63, 3.8) is 0 Å². The molecule has 0 saturated carbocycles. The standard InChI is InChI=1S/C2ClF3O.C2H6OS/c3-1(7)2(4,5)6;1-4(2)3/h;1-2H3. The van der Waals surface area contributed by atoms with Crippen molar-refractivity contribution < 1.29 is 22.5 Å². The number of carbonyl (C=O) groups is 1. The average Bonchev–Trinajstić information content (AvgIpc) is 1.59. The lowest BCUT2D eigenvalue weighted by Crippen LogP contribution is -2.15. The van der Waals surface area contributed by atoms with Gasteiger partial charge in [0, 0.05) is 0 Å². The van der Waals surface area contributed by atoms with Crippen molar-refractivity contribution in [1.82, 2.24) is 0 Å². The summed E-state index contributed by atoms with van der Waals surface area (Å²) in [5.41, 5.74) is 0. The quantitative estimate of drug-likeness (QED) is 0.447. The Bertz CT molecular complexity index is 122. The summed E-state index contributed by atoms with van der Waals surface area (Å²) in [4.78, 5) is 9.11. The molecule has 0 aromatic heterocycles. The van der Waals surface area contributed by atoms with Gasteiger partial charge in [-0.05, 0) is 11.6 Å². The molecule has 0 atom stereocenters. The van der Waals surface area contributed by atoms with Crippen molar-refractivity contribution in [2.45, 2.75) is 6.18 Å². The number of hydrogen-bond acceptors (Lipinski definition) is 2. The van der Waals surface area contributed by atoms with E-state index in [2.05, 4.69) is 11.6 Å². The summed E-state index contributed by atoms with van der Waals surface area (Å²) in [6.45, 7) is 0. The first-order valence-electron chi connectivity index (χ1n) is 2.19. The minimum Gasteiger partial charge on any atom is -0.617 e. The van der Waals surface area contributed by atoms with E-state index < -0.39 is 22.6 Å². The highest BCUT2D eigenvalue weighted by Crippen LogP contribution is 2.17. The highest BCUT2D eigenvalue weighted by molar-refractivity contribution is 7.89. The van der Waals surface area contributed by atoms with Crippen molar-refractivity contribution in [3.05, 3.63) is 0 Å². The molecular weight excluding hydrogens is 205 g/mol. The van der Waals surface area contributed by atoms with Crippen LogP contribution in [0.5, 0.6) is 0 Å². The molecule has 0 rings (SSSR count). The molecule has 0 N–H and O–H groups in total. The second kappa shape index (κ2) is 5.68. The highest BCUT2D eigenvalue weighted by Gasteiger charge is 2.36. The summed E-state index contributed by atoms with van der Waals surface area (Å²) < 4.78 is 41.6. The van der Waals surface area contributed by atoms with Crippen LogP contribution in [0.3, 0.4) is 0 Å². The molecule has 0 aliphatic carbocycles. The van der Waals surface area contributed by atoms with Crippen LogP contribution in [-0.2, 0) is 16.0 Å². The lowest BCUT2D eigenvalue weighted by molar-refractivity contribution is -0.161. The minimum absolute atomic E-state index is 0.611. The van der Waals surface area contributed by atoms with Crippen LogP contribution in [0.15, 0.2) is 0 Å². The van der Waals surface area contributed by atoms with Gasteiger partial charge in [0.2, 0.25) is 0 Å². The van der Waals surface area contributed by atoms with Crippen molar-refractivity contribution in [1.29, 1.82) is 0 Å². The predicted octanol–water partition coefficient (Wildman–Crippen LogP) is 1.31.